The lowest BCUT2D eigenvalue weighted by molar-refractivity contribution is 0.923. The van der Waals surface area contributed by atoms with Crippen LogP contribution in [0, 0.1) is 0 Å². The molecule has 0 aromatic rings. The lowest BCUT2D eigenvalue weighted by Crippen LogP contribution is -1.97. The second kappa shape index (κ2) is 5.25. The van der Waals surface area contributed by atoms with Crippen molar-refractivity contribution < 1.29 is 0 Å². The maximum Gasteiger partial charge on any atom is 0.0118 e. The van der Waals surface area contributed by atoms with Crippen LogP contribution in [-0.2, 0) is 0 Å². The fourth-order valence-electron chi connectivity index (χ4n) is 1.30. The molecule has 0 aliphatic heterocycles. The van der Waals surface area contributed by atoms with E-state index in [1.54, 1.807) is 5.57 Å². The number of halogens is 1. The zero-order valence-corrected chi connectivity index (χ0v) is 9.57. The summed E-state index contributed by atoms with van der Waals surface area (Å²) in [6.07, 6.45) is 8.20. The molecule has 11 heavy (non-hydrogen) atoms. The Morgan fingerprint density at radius 1 is 1.55 bits per heavy atom. The van der Waals surface area contributed by atoms with E-state index in [1.165, 1.54) is 29.3 Å². The van der Waals surface area contributed by atoms with Crippen LogP contribution in [0.3, 0.4) is 0 Å². The molecular formula is C9H13IS. The molecule has 0 N–H and O–H groups in total. The Hall–Kier alpha value is 0.560. The van der Waals surface area contributed by atoms with Crippen molar-refractivity contribution in [2.75, 3.05) is 10.2 Å². The summed E-state index contributed by atoms with van der Waals surface area (Å²) in [5.74, 6) is 0.941. The van der Waals surface area contributed by atoms with Gasteiger partial charge in [0, 0.05) is 10.2 Å². The second-order valence-electron chi connectivity index (χ2n) is 2.67. The molecule has 62 valence electrons. The Labute approximate surface area is 87.7 Å². The summed E-state index contributed by atoms with van der Waals surface area (Å²) >= 11 is 6.74. The van der Waals surface area contributed by atoms with Crippen LogP contribution in [0.1, 0.15) is 19.3 Å². The molecule has 0 heterocycles. The molecule has 0 saturated carbocycles. The topological polar surface area (TPSA) is 0 Å². The average Bonchev–Trinajstić information content (AvgIpc) is 2.06. The van der Waals surface area contributed by atoms with Crippen LogP contribution in [0.4, 0.5) is 0 Å². The Balaban J connectivity index is 2.66. The van der Waals surface area contributed by atoms with Gasteiger partial charge in [0.1, 0.15) is 0 Å². The molecule has 0 radical (unpaired) electrons. The minimum atomic E-state index is 0.941. The molecule has 0 aromatic heterocycles. The largest absolute Gasteiger partial charge is 0.175 e. The second-order valence-corrected chi connectivity index (χ2v) is 4.06. The van der Waals surface area contributed by atoms with Crippen molar-refractivity contribution in [2.45, 2.75) is 19.3 Å². The van der Waals surface area contributed by atoms with E-state index in [-0.39, 0.29) is 0 Å². The molecule has 0 nitrogen and oxygen atoms in total. The SMILES string of the molecule is SCC1=C(CCI)C=CCC1. The first-order chi connectivity index (χ1) is 5.38. The van der Waals surface area contributed by atoms with E-state index in [4.69, 9.17) is 0 Å². The molecular weight excluding hydrogens is 267 g/mol. The maximum atomic E-state index is 4.32. The van der Waals surface area contributed by atoms with E-state index >= 15 is 0 Å². The Kier molecular flexibility index (Phi) is 4.60. The molecule has 0 unspecified atom stereocenters. The molecule has 0 spiro atoms. The minimum absolute atomic E-state index is 0.941. The average molecular weight is 280 g/mol. The normalized spacial score (nSPS) is 17.6. The van der Waals surface area contributed by atoms with Gasteiger partial charge < -0.3 is 0 Å². The van der Waals surface area contributed by atoms with Gasteiger partial charge in [-0.15, -0.1) is 0 Å². The standard InChI is InChI=1S/C9H13IS/c10-6-5-8-3-1-2-4-9(8)7-11/h1,3,11H,2,4-7H2. The van der Waals surface area contributed by atoms with Crippen LogP contribution in [0.15, 0.2) is 23.3 Å². The summed E-state index contributed by atoms with van der Waals surface area (Å²) in [7, 11) is 0. The van der Waals surface area contributed by atoms with Gasteiger partial charge >= 0.3 is 0 Å². The minimum Gasteiger partial charge on any atom is -0.175 e. The zero-order valence-electron chi connectivity index (χ0n) is 6.52. The van der Waals surface area contributed by atoms with Crippen molar-refractivity contribution >= 4 is 35.2 Å². The predicted octanol–water partition coefficient (Wildman–Crippen LogP) is 3.39. The van der Waals surface area contributed by atoms with E-state index in [2.05, 4.69) is 47.4 Å². The van der Waals surface area contributed by atoms with Gasteiger partial charge in [0.15, 0.2) is 0 Å². The number of thiol groups is 1. The number of hydrogen-bond donors (Lipinski definition) is 1. The van der Waals surface area contributed by atoms with E-state index in [9.17, 15) is 0 Å². The summed E-state index contributed by atoms with van der Waals surface area (Å²) in [5, 5.41) is 0. The molecule has 0 amide bonds. The lowest BCUT2D eigenvalue weighted by atomic mass is 9.97. The van der Waals surface area contributed by atoms with Crippen LogP contribution in [-0.4, -0.2) is 10.2 Å². The molecule has 1 rings (SSSR count). The molecule has 1 aliphatic carbocycles. The van der Waals surface area contributed by atoms with Crippen molar-refractivity contribution in [2.24, 2.45) is 0 Å². The highest BCUT2D eigenvalue weighted by Crippen LogP contribution is 2.22. The summed E-state index contributed by atoms with van der Waals surface area (Å²) in [5.41, 5.74) is 3.08. The number of rotatable bonds is 3. The summed E-state index contributed by atoms with van der Waals surface area (Å²) < 4.78 is 1.22. The van der Waals surface area contributed by atoms with Crippen molar-refractivity contribution in [3.05, 3.63) is 23.3 Å². The molecule has 0 fully saturated rings. The highest BCUT2D eigenvalue weighted by Gasteiger charge is 2.05. The van der Waals surface area contributed by atoms with E-state index < -0.39 is 0 Å². The third kappa shape index (κ3) is 2.82. The quantitative estimate of drug-likeness (QED) is 0.457. The van der Waals surface area contributed by atoms with Gasteiger partial charge in [-0.25, -0.2) is 0 Å². The van der Waals surface area contributed by atoms with E-state index in [0.29, 0.717) is 0 Å². The van der Waals surface area contributed by atoms with Crippen molar-refractivity contribution in [3.63, 3.8) is 0 Å². The van der Waals surface area contributed by atoms with Gasteiger partial charge in [-0.2, -0.15) is 12.6 Å². The predicted molar refractivity (Wildman–Crippen MR) is 62.8 cm³/mol. The van der Waals surface area contributed by atoms with Crippen LogP contribution in [0.25, 0.3) is 0 Å². The number of hydrogen-bond acceptors (Lipinski definition) is 1. The summed E-state index contributed by atoms with van der Waals surface area (Å²) in [6, 6.07) is 0. The molecule has 2 heteroatoms. The molecule has 0 saturated heterocycles. The molecule has 0 atom stereocenters. The number of allylic oxidation sites excluding steroid dienone is 3. The van der Waals surface area contributed by atoms with Crippen molar-refractivity contribution in [1.82, 2.24) is 0 Å². The third-order valence-electron chi connectivity index (χ3n) is 1.94. The van der Waals surface area contributed by atoms with Gasteiger partial charge in [0.2, 0.25) is 0 Å². The van der Waals surface area contributed by atoms with Gasteiger partial charge in [-0.3, -0.25) is 0 Å². The number of alkyl halides is 1. The summed E-state index contributed by atoms with van der Waals surface area (Å²) in [4.78, 5) is 0. The highest BCUT2D eigenvalue weighted by atomic mass is 127. The van der Waals surface area contributed by atoms with Crippen molar-refractivity contribution in [3.8, 4) is 0 Å². The first-order valence-electron chi connectivity index (χ1n) is 3.92. The van der Waals surface area contributed by atoms with E-state index in [0.717, 1.165) is 5.75 Å². The van der Waals surface area contributed by atoms with E-state index in [1.807, 2.05) is 0 Å². The van der Waals surface area contributed by atoms with Crippen molar-refractivity contribution in [1.29, 1.82) is 0 Å². The Bertz CT molecular complexity index is 182. The molecule has 0 aromatic carbocycles. The van der Waals surface area contributed by atoms with Gasteiger partial charge in [-0.05, 0) is 24.8 Å². The van der Waals surface area contributed by atoms with Gasteiger partial charge in [0.05, 0.1) is 0 Å². The molecule has 1 aliphatic rings. The van der Waals surface area contributed by atoms with Crippen LogP contribution in [0.5, 0.6) is 0 Å². The third-order valence-corrected chi connectivity index (χ3v) is 2.86. The fraction of sp³-hybridized carbons (Fsp3) is 0.556. The first kappa shape index (κ1) is 9.65. The monoisotopic (exact) mass is 280 g/mol. The molecule has 0 bridgehead atoms. The Morgan fingerprint density at radius 3 is 3.00 bits per heavy atom. The Morgan fingerprint density at radius 2 is 2.36 bits per heavy atom. The van der Waals surface area contributed by atoms with Crippen LogP contribution in [0.2, 0.25) is 0 Å². The van der Waals surface area contributed by atoms with Crippen LogP contribution >= 0.6 is 35.2 Å². The van der Waals surface area contributed by atoms with Gasteiger partial charge in [-0.1, -0.05) is 40.3 Å². The van der Waals surface area contributed by atoms with Gasteiger partial charge in [0.25, 0.3) is 0 Å². The van der Waals surface area contributed by atoms with Crippen LogP contribution < -0.4 is 0 Å². The maximum absolute atomic E-state index is 4.32. The lowest BCUT2D eigenvalue weighted by Gasteiger charge is -2.12. The first-order valence-corrected chi connectivity index (χ1v) is 6.08. The highest BCUT2D eigenvalue weighted by molar-refractivity contribution is 14.1. The smallest absolute Gasteiger partial charge is 0.0118 e. The zero-order chi connectivity index (χ0) is 8.10. The summed E-state index contributed by atoms with van der Waals surface area (Å²) in [6.45, 7) is 0. The fourth-order valence-corrected chi connectivity index (χ4v) is 2.25.